The molecule has 36 heavy (non-hydrogen) atoms. The molecule has 0 bridgehead atoms. The van der Waals surface area contributed by atoms with Crippen molar-refractivity contribution in [2.75, 3.05) is 19.6 Å². The van der Waals surface area contributed by atoms with Crippen molar-refractivity contribution >= 4 is 37.9 Å². The predicted octanol–water partition coefficient (Wildman–Crippen LogP) is 3.55. The highest BCUT2D eigenvalue weighted by molar-refractivity contribution is 9.10. The fourth-order valence-electron chi connectivity index (χ4n) is 5.05. The van der Waals surface area contributed by atoms with E-state index in [1.54, 1.807) is 0 Å². The molecule has 8 nitrogen and oxygen atoms in total. The summed E-state index contributed by atoms with van der Waals surface area (Å²) in [5.41, 5.74) is 1.00. The molecule has 3 amide bonds. The molecule has 2 aromatic carbocycles. The van der Waals surface area contributed by atoms with Gasteiger partial charge in [0, 0.05) is 23.6 Å². The Kier molecular flexibility index (Phi) is 7.22. The van der Waals surface area contributed by atoms with Crippen LogP contribution in [-0.2, 0) is 21.4 Å². The third kappa shape index (κ3) is 5.51. The van der Waals surface area contributed by atoms with Crippen LogP contribution >= 0.6 is 15.9 Å². The van der Waals surface area contributed by atoms with Gasteiger partial charge in [0.25, 0.3) is 5.91 Å². The molecule has 5 rings (SSSR count). The van der Waals surface area contributed by atoms with Crippen LogP contribution in [-0.4, -0.2) is 60.6 Å². The molecular weight excluding hydrogens is 544 g/mol. The third-order valence-electron chi connectivity index (χ3n) is 7.42. The molecule has 3 fully saturated rings. The molecule has 2 saturated heterocycles. The molecule has 0 unspecified atom stereocenters. The van der Waals surface area contributed by atoms with Gasteiger partial charge in [-0.3, -0.25) is 9.69 Å². The number of likely N-dealkylation sites (tertiary alicyclic amines) is 1. The van der Waals surface area contributed by atoms with Crippen molar-refractivity contribution in [1.29, 1.82) is 0 Å². The summed E-state index contributed by atoms with van der Waals surface area (Å²) in [6, 6.07) is 16.7. The summed E-state index contributed by atoms with van der Waals surface area (Å²) in [5, 5.41) is 2.70. The molecular formula is C26H31BrN4O4S. The van der Waals surface area contributed by atoms with Gasteiger partial charge in [0.15, 0.2) is 0 Å². The van der Waals surface area contributed by atoms with E-state index in [9.17, 15) is 18.0 Å². The van der Waals surface area contributed by atoms with Gasteiger partial charge in [-0.15, -0.1) is 0 Å². The van der Waals surface area contributed by atoms with Crippen molar-refractivity contribution in [3.8, 4) is 0 Å². The van der Waals surface area contributed by atoms with Crippen LogP contribution in [0.5, 0.6) is 0 Å². The van der Waals surface area contributed by atoms with Crippen molar-refractivity contribution in [2.24, 2.45) is 0 Å². The molecule has 3 aliphatic rings. The zero-order valence-corrected chi connectivity index (χ0v) is 22.4. The van der Waals surface area contributed by atoms with E-state index in [0.29, 0.717) is 38.9 Å². The van der Waals surface area contributed by atoms with Gasteiger partial charge in [-0.05, 0) is 61.9 Å². The maximum Gasteiger partial charge on any atom is 0.325 e. The van der Waals surface area contributed by atoms with E-state index in [4.69, 9.17) is 0 Å². The van der Waals surface area contributed by atoms with Crippen molar-refractivity contribution in [1.82, 2.24) is 19.8 Å². The zero-order chi connectivity index (χ0) is 25.3. The van der Waals surface area contributed by atoms with Crippen LogP contribution in [0.4, 0.5) is 4.79 Å². The number of rotatable bonds is 9. The van der Waals surface area contributed by atoms with Gasteiger partial charge in [-0.25, -0.2) is 17.9 Å². The Hall–Kier alpha value is -2.27. The predicted molar refractivity (Wildman–Crippen MR) is 141 cm³/mol. The first kappa shape index (κ1) is 25.4. The van der Waals surface area contributed by atoms with Gasteiger partial charge < -0.3 is 10.2 Å². The second kappa shape index (κ2) is 10.2. The van der Waals surface area contributed by atoms with Crippen molar-refractivity contribution < 1.29 is 18.0 Å². The molecule has 2 aliphatic heterocycles. The number of benzene rings is 2. The summed E-state index contributed by atoms with van der Waals surface area (Å²) in [6.07, 6.45) is 3.17. The van der Waals surface area contributed by atoms with E-state index in [0.717, 1.165) is 28.4 Å². The summed E-state index contributed by atoms with van der Waals surface area (Å²) < 4.78 is 29.1. The standard InChI is InChI=1S/C26H31BrN4O4S/c27-21-8-6-19(7-9-21)18-31-24(32)26(28-25(31)33)13-16-30(17-14-26)15-12-23(20-4-2-1-3-5-20)29-36(34,35)22-10-11-22/h1-9,22-23,29H,10-18H2,(H,28,33)/t23-/m0/s1. The Labute approximate surface area is 220 Å². The summed E-state index contributed by atoms with van der Waals surface area (Å²) in [4.78, 5) is 29.5. The number of piperidine rings is 1. The molecule has 2 heterocycles. The summed E-state index contributed by atoms with van der Waals surface area (Å²) in [5.74, 6) is -0.158. The Bertz CT molecular complexity index is 1210. The minimum absolute atomic E-state index is 0.158. The van der Waals surface area contributed by atoms with Gasteiger partial charge in [-0.2, -0.15) is 0 Å². The molecule has 1 saturated carbocycles. The zero-order valence-electron chi connectivity index (χ0n) is 20.0. The van der Waals surface area contributed by atoms with Gasteiger partial charge in [0.1, 0.15) is 5.54 Å². The lowest BCUT2D eigenvalue weighted by Crippen LogP contribution is -2.55. The van der Waals surface area contributed by atoms with E-state index >= 15 is 0 Å². The lowest BCUT2D eigenvalue weighted by molar-refractivity contribution is -0.133. The number of nitrogens with one attached hydrogen (secondary N) is 2. The van der Waals surface area contributed by atoms with Crippen molar-refractivity contribution in [3.63, 3.8) is 0 Å². The fraction of sp³-hybridized carbons (Fsp3) is 0.462. The Balaban J connectivity index is 1.19. The van der Waals surface area contributed by atoms with Crippen LogP contribution in [0.2, 0.25) is 0 Å². The van der Waals surface area contributed by atoms with E-state index in [2.05, 4.69) is 30.9 Å². The van der Waals surface area contributed by atoms with Crippen LogP contribution in [0, 0.1) is 0 Å². The number of carbonyl (C=O) groups is 2. The number of halogens is 1. The second-order valence-electron chi connectivity index (χ2n) is 9.99. The van der Waals surface area contributed by atoms with Crippen LogP contribution in [0.25, 0.3) is 0 Å². The van der Waals surface area contributed by atoms with Crippen molar-refractivity contribution in [3.05, 3.63) is 70.2 Å². The van der Waals surface area contributed by atoms with Gasteiger partial charge >= 0.3 is 6.03 Å². The number of hydrogen-bond acceptors (Lipinski definition) is 5. The fourth-order valence-corrected chi connectivity index (χ4v) is 6.92. The monoisotopic (exact) mass is 574 g/mol. The first-order valence-electron chi connectivity index (χ1n) is 12.4. The van der Waals surface area contributed by atoms with Gasteiger partial charge in [0.2, 0.25) is 10.0 Å². The average molecular weight is 576 g/mol. The SMILES string of the molecule is O=C1NC2(CCN(CC[C@H](NS(=O)(=O)C3CC3)c3ccccc3)CC2)C(=O)N1Cc1ccc(Br)cc1. The molecule has 0 aromatic heterocycles. The number of carbonyl (C=O) groups excluding carboxylic acids is 2. The quantitative estimate of drug-likeness (QED) is 0.446. The topological polar surface area (TPSA) is 98.8 Å². The lowest BCUT2D eigenvalue weighted by atomic mass is 9.87. The minimum atomic E-state index is -3.32. The van der Waals surface area contributed by atoms with Gasteiger partial charge in [-0.1, -0.05) is 58.4 Å². The van der Waals surface area contributed by atoms with Crippen molar-refractivity contribution in [2.45, 2.75) is 55.5 Å². The minimum Gasteiger partial charge on any atom is -0.323 e. The summed E-state index contributed by atoms with van der Waals surface area (Å²) in [7, 11) is -3.32. The number of sulfonamides is 1. The van der Waals surface area contributed by atoms with E-state index in [1.807, 2.05) is 54.6 Å². The Morgan fingerprint density at radius 2 is 1.69 bits per heavy atom. The van der Waals surface area contributed by atoms with E-state index in [-0.39, 0.29) is 29.8 Å². The molecule has 1 spiro atoms. The number of imide groups is 1. The molecule has 1 aliphatic carbocycles. The Morgan fingerprint density at radius 3 is 2.33 bits per heavy atom. The van der Waals surface area contributed by atoms with E-state index < -0.39 is 15.6 Å². The number of amides is 3. The lowest BCUT2D eigenvalue weighted by Gasteiger charge is -2.37. The van der Waals surface area contributed by atoms with Crippen LogP contribution < -0.4 is 10.0 Å². The molecule has 192 valence electrons. The normalized spacial score (nSPS) is 21.1. The summed E-state index contributed by atoms with van der Waals surface area (Å²) in [6.45, 7) is 2.28. The molecule has 0 radical (unpaired) electrons. The highest BCUT2D eigenvalue weighted by Crippen LogP contribution is 2.32. The highest BCUT2D eigenvalue weighted by atomic mass is 79.9. The third-order valence-corrected chi connectivity index (χ3v) is 9.91. The highest BCUT2D eigenvalue weighted by Gasteiger charge is 2.52. The van der Waals surface area contributed by atoms with E-state index in [1.165, 1.54) is 4.90 Å². The van der Waals surface area contributed by atoms with Gasteiger partial charge in [0.05, 0.1) is 11.8 Å². The average Bonchev–Trinajstić information content (AvgIpc) is 3.71. The first-order valence-corrected chi connectivity index (χ1v) is 14.8. The smallest absolute Gasteiger partial charge is 0.323 e. The second-order valence-corrected chi connectivity index (χ2v) is 12.9. The summed E-state index contributed by atoms with van der Waals surface area (Å²) >= 11 is 3.40. The molecule has 10 heteroatoms. The Morgan fingerprint density at radius 1 is 1.03 bits per heavy atom. The molecule has 1 atom stereocenters. The van der Waals surface area contributed by atoms with Crippen LogP contribution in [0.3, 0.4) is 0 Å². The number of nitrogens with zero attached hydrogens (tertiary/aromatic N) is 2. The van der Waals surface area contributed by atoms with Crippen LogP contribution in [0.15, 0.2) is 59.1 Å². The molecule has 2 aromatic rings. The molecule has 2 N–H and O–H groups in total. The first-order chi connectivity index (χ1) is 17.3. The number of hydrogen-bond donors (Lipinski definition) is 2. The maximum atomic E-state index is 13.3. The largest absolute Gasteiger partial charge is 0.325 e. The maximum absolute atomic E-state index is 13.3. The van der Waals surface area contributed by atoms with Crippen LogP contribution in [0.1, 0.15) is 49.3 Å². The number of urea groups is 1.